The normalized spacial score (nSPS) is 11.8. The van der Waals surface area contributed by atoms with Gasteiger partial charge in [0.05, 0.1) is 11.0 Å². The molecule has 2 aromatic rings. The van der Waals surface area contributed by atoms with E-state index in [0.29, 0.717) is 5.02 Å². The molecule has 0 aliphatic carbocycles. The number of rotatable bonds is 5. The zero-order valence-corrected chi connectivity index (χ0v) is 11.8. The Balaban J connectivity index is 2.30. The highest BCUT2D eigenvalue weighted by molar-refractivity contribution is 6.30. The lowest BCUT2D eigenvalue weighted by Crippen LogP contribution is -2.15. The van der Waals surface area contributed by atoms with Crippen LogP contribution in [-0.2, 0) is 0 Å². The molecule has 0 saturated carbocycles. The number of nitrogen functional groups attached to an aromatic ring is 1. The summed E-state index contributed by atoms with van der Waals surface area (Å²) in [5, 5.41) is 14.7. The van der Waals surface area contributed by atoms with E-state index in [1.165, 1.54) is 6.33 Å². The van der Waals surface area contributed by atoms with Crippen LogP contribution in [0.15, 0.2) is 30.6 Å². The molecule has 0 radical (unpaired) electrons. The van der Waals surface area contributed by atoms with Crippen molar-refractivity contribution in [1.82, 2.24) is 9.97 Å². The van der Waals surface area contributed by atoms with Crippen molar-refractivity contribution in [1.29, 1.82) is 0 Å². The molecule has 0 bridgehead atoms. The number of benzene rings is 1. The van der Waals surface area contributed by atoms with Crippen molar-refractivity contribution in [3.8, 4) is 0 Å². The summed E-state index contributed by atoms with van der Waals surface area (Å²) < 4.78 is 0. The third-order valence-electron chi connectivity index (χ3n) is 2.86. The first-order chi connectivity index (χ1) is 10.0. The van der Waals surface area contributed by atoms with Gasteiger partial charge in [-0.2, -0.15) is 0 Å². The van der Waals surface area contributed by atoms with E-state index in [1.807, 2.05) is 19.1 Å². The van der Waals surface area contributed by atoms with Crippen LogP contribution in [0.4, 0.5) is 17.3 Å². The summed E-state index contributed by atoms with van der Waals surface area (Å²) in [6, 6.07) is 6.94. The highest BCUT2D eigenvalue weighted by Gasteiger charge is 2.23. The van der Waals surface area contributed by atoms with Crippen LogP contribution in [-0.4, -0.2) is 14.9 Å². The fraction of sp³-hybridized carbons (Fsp3) is 0.167. The molecule has 2 rings (SSSR count). The number of aromatic nitrogens is 2. The first-order valence-corrected chi connectivity index (χ1v) is 6.38. The van der Waals surface area contributed by atoms with Crippen LogP contribution in [0.1, 0.15) is 18.5 Å². The fourth-order valence-corrected chi connectivity index (χ4v) is 1.93. The number of halogens is 1. The van der Waals surface area contributed by atoms with Gasteiger partial charge in [0.15, 0.2) is 0 Å². The van der Waals surface area contributed by atoms with Crippen LogP contribution in [0.2, 0.25) is 5.02 Å². The van der Waals surface area contributed by atoms with Crippen molar-refractivity contribution >= 4 is 28.9 Å². The first-order valence-electron chi connectivity index (χ1n) is 6.01. The van der Waals surface area contributed by atoms with E-state index in [4.69, 9.17) is 17.4 Å². The molecular formula is C12H13ClN6O2. The van der Waals surface area contributed by atoms with Gasteiger partial charge in [0.25, 0.3) is 0 Å². The van der Waals surface area contributed by atoms with Gasteiger partial charge < -0.3 is 10.7 Å². The first kappa shape index (κ1) is 14.9. The van der Waals surface area contributed by atoms with Gasteiger partial charge in [0.2, 0.25) is 11.6 Å². The maximum absolute atomic E-state index is 11.1. The Morgan fingerprint density at radius 2 is 1.90 bits per heavy atom. The summed E-state index contributed by atoms with van der Waals surface area (Å²) in [4.78, 5) is 18.2. The van der Waals surface area contributed by atoms with Crippen molar-refractivity contribution in [2.45, 2.75) is 13.0 Å². The SMILES string of the molecule is CC(Nc1ncnc(NN)c1[N+](=O)[O-])c1ccc(Cl)cc1. The van der Waals surface area contributed by atoms with Crippen molar-refractivity contribution in [3.63, 3.8) is 0 Å². The van der Waals surface area contributed by atoms with E-state index >= 15 is 0 Å². The van der Waals surface area contributed by atoms with Crippen LogP contribution < -0.4 is 16.6 Å². The van der Waals surface area contributed by atoms with Crippen LogP contribution in [0.3, 0.4) is 0 Å². The molecule has 0 saturated heterocycles. The molecule has 21 heavy (non-hydrogen) atoms. The second kappa shape index (κ2) is 6.33. The van der Waals surface area contributed by atoms with Gasteiger partial charge in [-0.05, 0) is 24.6 Å². The third-order valence-corrected chi connectivity index (χ3v) is 3.12. The Bertz CT molecular complexity index is 649. The van der Waals surface area contributed by atoms with Gasteiger partial charge in [0.1, 0.15) is 6.33 Å². The average molecular weight is 309 g/mol. The van der Waals surface area contributed by atoms with Crippen molar-refractivity contribution in [2.75, 3.05) is 10.7 Å². The molecule has 0 spiro atoms. The summed E-state index contributed by atoms with van der Waals surface area (Å²) in [6.45, 7) is 1.85. The molecule has 4 N–H and O–H groups in total. The zero-order valence-electron chi connectivity index (χ0n) is 11.1. The second-order valence-electron chi connectivity index (χ2n) is 4.24. The number of nitrogens with zero attached hydrogens (tertiary/aromatic N) is 3. The Morgan fingerprint density at radius 1 is 1.29 bits per heavy atom. The van der Waals surface area contributed by atoms with Gasteiger partial charge in [-0.3, -0.25) is 10.1 Å². The molecule has 1 heterocycles. The van der Waals surface area contributed by atoms with E-state index in [-0.39, 0.29) is 23.4 Å². The average Bonchev–Trinajstić information content (AvgIpc) is 2.47. The molecule has 0 aliphatic rings. The predicted molar refractivity (Wildman–Crippen MR) is 80.0 cm³/mol. The van der Waals surface area contributed by atoms with Crippen LogP contribution in [0.25, 0.3) is 0 Å². The molecular weight excluding hydrogens is 296 g/mol. The molecule has 8 nitrogen and oxygen atoms in total. The highest BCUT2D eigenvalue weighted by atomic mass is 35.5. The zero-order chi connectivity index (χ0) is 15.4. The Labute approximate surface area is 125 Å². The molecule has 1 atom stereocenters. The number of hydrogen-bond acceptors (Lipinski definition) is 7. The number of nitrogens with one attached hydrogen (secondary N) is 2. The van der Waals surface area contributed by atoms with E-state index in [1.54, 1.807) is 12.1 Å². The molecule has 0 fully saturated rings. The van der Waals surface area contributed by atoms with Crippen LogP contribution in [0, 0.1) is 10.1 Å². The molecule has 1 aromatic heterocycles. The van der Waals surface area contributed by atoms with Crippen LogP contribution >= 0.6 is 11.6 Å². The largest absolute Gasteiger partial charge is 0.358 e. The highest BCUT2D eigenvalue weighted by Crippen LogP contribution is 2.30. The molecule has 1 unspecified atom stereocenters. The standard InChI is InChI=1S/C12H13ClN6O2/c1-7(8-2-4-9(13)5-3-8)17-11-10(19(20)21)12(18-14)16-6-15-11/h2-7H,14H2,1H3,(H2,15,16,17,18). The molecule has 1 aromatic carbocycles. The topological polar surface area (TPSA) is 119 Å². The maximum atomic E-state index is 11.1. The minimum absolute atomic E-state index is 0.0548. The number of anilines is 2. The monoisotopic (exact) mass is 308 g/mol. The predicted octanol–water partition coefficient (Wildman–Crippen LogP) is 2.50. The summed E-state index contributed by atoms with van der Waals surface area (Å²) in [7, 11) is 0. The summed E-state index contributed by atoms with van der Waals surface area (Å²) in [6.07, 6.45) is 1.19. The van der Waals surface area contributed by atoms with E-state index < -0.39 is 4.92 Å². The van der Waals surface area contributed by atoms with Gasteiger partial charge in [-0.1, -0.05) is 23.7 Å². The van der Waals surface area contributed by atoms with Crippen LogP contribution in [0.5, 0.6) is 0 Å². The van der Waals surface area contributed by atoms with Gasteiger partial charge >= 0.3 is 5.69 Å². The Morgan fingerprint density at radius 3 is 2.48 bits per heavy atom. The maximum Gasteiger partial charge on any atom is 0.354 e. The Hall–Kier alpha value is -2.45. The van der Waals surface area contributed by atoms with Crippen molar-refractivity contribution in [3.05, 3.63) is 51.3 Å². The van der Waals surface area contributed by atoms with Gasteiger partial charge in [-0.15, -0.1) is 0 Å². The lowest BCUT2D eigenvalue weighted by atomic mass is 10.1. The number of hydrazine groups is 1. The molecule has 9 heteroatoms. The van der Waals surface area contributed by atoms with E-state index in [0.717, 1.165) is 5.56 Å². The van der Waals surface area contributed by atoms with Crippen molar-refractivity contribution < 1.29 is 4.92 Å². The van der Waals surface area contributed by atoms with E-state index in [9.17, 15) is 10.1 Å². The summed E-state index contributed by atoms with van der Waals surface area (Å²) >= 11 is 5.83. The second-order valence-corrected chi connectivity index (χ2v) is 4.67. The lowest BCUT2D eigenvalue weighted by molar-refractivity contribution is -0.383. The molecule has 0 aliphatic heterocycles. The summed E-state index contributed by atoms with van der Waals surface area (Å²) in [5.41, 5.74) is 2.79. The number of nitrogens with two attached hydrogens (primary N) is 1. The third kappa shape index (κ3) is 3.36. The van der Waals surface area contributed by atoms with Gasteiger partial charge in [-0.25, -0.2) is 15.8 Å². The van der Waals surface area contributed by atoms with Gasteiger partial charge in [0, 0.05) is 5.02 Å². The minimum atomic E-state index is -0.591. The lowest BCUT2D eigenvalue weighted by Gasteiger charge is -2.15. The fourth-order valence-electron chi connectivity index (χ4n) is 1.80. The van der Waals surface area contributed by atoms with Crippen molar-refractivity contribution in [2.24, 2.45) is 5.84 Å². The number of nitro groups is 1. The quantitative estimate of drug-likeness (QED) is 0.441. The smallest absolute Gasteiger partial charge is 0.354 e. The number of hydrogen-bond donors (Lipinski definition) is 3. The minimum Gasteiger partial charge on any atom is -0.358 e. The van der Waals surface area contributed by atoms with E-state index in [2.05, 4.69) is 20.7 Å². The Kier molecular flexibility index (Phi) is 4.51. The summed E-state index contributed by atoms with van der Waals surface area (Å²) in [5.74, 6) is 5.26. The molecule has 110 valence electrons. The molecule has 0 amide bonds.